The van der Waals surface area contributed by atoms with E-state index in [-0.39, 0.29) is 12.1 Å². The number of carboxylic acid groups (broad SMARTS) is 1. The normalized spacial score (nSPS) is 18.2. The number of anilines is 1. The highest BCUT2D eigenvalue weighted by molar-refractivity contribution is 7.92. The molecule has 4 rings (SSSR count). The number of benzene rings is 2. The predicted molar refractivity (Wildman–Crippen MR) is 136 cm³/mol. The van der Waals surface area contributed by atoms with Crippen LogP contribution >= 0.6 is 0 Å². The van der Waals surface area contributed by atoms with Crippen LogP contribution in [0.2, 0.25) is 0 Å². The van der Waals surface area contributed by atoms with E-state index in [1.54, 1.807) is 29.2 Å². The van der Waals surface area contributed by atoms with E-state index < -0.39 is 16.1 Å². The molecular weight excluding hydrogens is 466 g/mol. The fraction of sp³-hybridized carbons (Fsp3) is 0.500. The zero-order valence-corrected chi connectivity index (χ0v) is 21.0. The second kappa shape index (κ2) is 11.3. The van der Waals surface area contributed by atoms with Crippen LogP contribution in [0.3, 0.4) is 0 Å². The number of nitrogens with zero attached hydrogens (tertiary/aromatic N) is 2. The molecule has 0 bridgehead atoms. The molecule has 2 N–H and O–H groups in total. The van der Waals surface area contributed by atoms with E-state index in [1.165, 1.54) is 12.0 Å². The van der Waals surface area contributed by atoms with Crippen molar-refractivity contribution in [3.63, 3.8) is 0 Å². The first kappa shape index (κ1) is 25.3. The summed E-state index contributed by atoms with van der Waals surface area (Å²) in [6.45, 7) is 2.62. The van der Waals surface area contributed by atoms with Crippen molar-refractivity contribution >= 4 is 21.8 Å². The summed E-state index contributed by atoms with van der Waals surface area (Å²) in [5, 5.41) is 9.84. The van der Waals surface area contributed by atoms with E-state index in [4.69, 9.17) is 4.74 Å². The average molecular weight is 502 g/mol. The zero-order chi connectivity index (χ0) is 24.8. The Morgan fingerprint density at radius 3 is 2.03 bits per heavy atom. The summed E-state index contributed by atoms with van der Waals surface area (Å²) < 4.78 is 30.9. The van der Waals surface area contributed by atoms with Crippen LogP contribution in [0.25, 0.3) is 0 Å². The lowest BCUT2D eigenvalue weighted by Crippen LogP contribution is -2.51. The molecule has 1 amide bonds. The monoisotopic (exact) mass is 501 g/mol. The minimum atomic E-state index is -3.31. The quantitative estimate of drug-likeness (QED) is 0.520. The van der Waals surface area contributed by atoms with E-state index in [9.17, 15) is 18.3 Å². The van der Waals surface area contributed by atoms with E-state index in [1.807, 2.05) is 24.3 Å². The second-order valence-electron chi connectivity index (χ2n) is 9.63. The van der Waals surface area contributed by atoms with E-state index >= 15 is 0 Å². The molecule has 0 atom stereocenters. The van der Waals surface area contributed by atoms with Crippen molar-refractivity contribution in [2.45, 2.75) is 63.6 Å². The molecule has 8 nitrogen and oxygen atoms in total. The van der Waals surface area contributed by atoms with Crippen molar-refractivity contribution in [2.24, 2.45) is 0 Å². The van der Waals surface area contributed by atoms with E-state index in [2.05, 4.69) is 9.62 Å². The number of hydrogen-bond acceptors (Lipinski definition) is 5. The summed E-state index contributed by atoms with van der Waals surface area (Å²) in [5.41, 5.74) is 1.68. The standard InChI is InChI=1S/C26H35N3O5S/c1-35(32,33)27-21-9-13-25(14-10-21)34-24-11-7-20(8-12-24)19-28-17-15-23(16-18-28)29(26(30)31)22-5-3-2-4-6-22/h7-14,22-23,27H,2-6,15-19H2,1H3,(H,30,31). The lowest BCUT2D eigenvalue weighted by atomic mass is 9.91. The summed E-state index contributed by atoms with van der Waals surface area (Å²) in [6.07, 6.45) is 7.63. The molecule has 0 radical (unpaired) electrons. The van der Waals surface area contributed by atoms with Gasteiger partial charge in [-0.1, -0.05) is 31.4 Å². The number of nitrogens with one attached hydrogen (secondary N) is 1. The van der Waals surface area contributed by atoms with Crippen LogP contribution in [0, 0.1) is 0 Å². The fourth-order valence-electron chi connectivity index (χ4n) is 5.19. The molecule has 2 aliphatic rings. The summed E-state index contributed by atoms with van der Waals surface area (Å²) in [5.74, 6) is 1.33. The molecule has 2 aromatic carbocycles. The van der Waals surface area contributed by atoms with Crippen LogP contribution in [0.5, 0.6) is 11.5 Å². The number of piperidine rings is 1. The molecular formula is C26H35N3O5S. The molecule has 35 heavy (non-hydrogen) atoms. The first-order chi connectivity index (χ1) is 16.8. The van der Waals surface area contributed by atoms with Crippen LogP contribution < -0.4 is 9.46 Å². The first-order valence-electron chi connectivity index (χ1n) is 12.3. The van der Waals surface area contributed by atoms with Gasteiger partial charge in [0.2, 0.25) is 10.0 Å². The van der Waals surface area contributed by atoms with Gasteiger partial charge in [0.05, 0.1) is 6.26 Å². The third kappa shape index (κ3) is 7.35. The SMILES string of the molecule is CS(=O)(=O)Nc1ccc(Oc2ccc(CN3CCC(N(C(=O)O)C4CCCCC4)CC3)cc2)cc1. The third-order valence-corrected chi connectivity index (χ3v) is 7.47. The van der Waals surface area contributed by atoms with Gasteiger partial charge in [-0.05, 0) is 67.6 Å². The van der Waals surface area contributed by atoms with Gasteiger partial charge in [0.15, 0.2) is 0 Å². The largest absolute Gasteiger partial charge is 0.465 e. The molecule has 190 valence electrons. The van der Waals surface area contributed by atoms with Gasteiger partial charge in [-0.2, -0.15) is 0 Å². The molecule has 0 unspecified atom stereocenters. The maximum atomic E-state index is 12.0. The number of rotatable bonds is 8. The van der Waals surface area contributed by atoms with Crippen molar-refractivity contribution in [1.82, 2.24) is 9.80 Å². The molecule has 0 spiro atoms. The number of likely N-dealkylation sites (tertiary alicyclic amines) is 1. The van der Waals surface area contributed by atoms with Crippen LogP contribution in [-0.4, -0.2) is 60.8 Å². The van der Waals surface area contributed by atoms with Crippen molar-refractivity contribution in [2.75, 3.05) is 24.1 Å². The van der Waals surface area contributed by atoms with Crippen LogP contribution in [0.1, 0.15) is 50.5 Å². The van der Waals surface area contributed by atoms with Gasteiger partial charge in [0.25, 0.3) is 0 Å². The lowest BCUT2D eigenvalue weighted by Gasteiger charge is -2.42. The van der Waals surface area contributed by atoms with E-state index in [0.717, 1.165) is 64.4 Å². The Labute approximate surface area is 207 Å². The van der Waals surface area contributed by atoms with Gasteiger partial charge in [0.1, 0.15) is 11.5 Å². The Hall–Kier alpha value is -2.78. The Morgan fingerprint density at radius 2 is 1.49 bits per heavy atom. The van der Waals surface area contributed by atoms with Gasteiger partial charge in [-0.15, -0.1) is 0 Å². The van der Waals surface area contributed by atoms with Crippen molar-refractivity contribution in [3.8, 4) is 11.5 Å². The van der Waals surface area contributed by atoms with Crippen molar-refractivity contribution in [1.29, 1.82) is 0 Å². The number of carbonyl (C=O) groups is 1. The summed E-state index contributed by atoms with van der Waals surface area (Å²) in [6, 6.07) is 15.0. The van der Waals surface area contributed by atoms with Gasteiger partial charge in [-0.3, -0.25) is 9.62 Å². The minimum absolute atomic E-state index is 0.127. The molecule has 1 aliphatic carbocycles. The minimum Gasteiger partial charge on any atom is -0.465 e. The highest BCUT2D eigenvalue weighted by Crippen LogP contribution is 2.29. The molecule has 9 heteroatoms. The first-order valence-corrected chi connectivity index (χ1v) is 14.2. The van der Waals surface area contributed by atoms with Gasteiger partial charge >= 0.3 is 6.09 Å². The highest BCUT2D eigenvalue weighted by Gasteiger charge is 2.33. The fourth-order valence-corrected chi connectivity index (χ4v) is 5.75. The van der Waals surface area contributed by atoms with Gasteiger partial charge in [0, 0.05) is 37.4 Å². The number of hydrogen-bond donors (Lipinski definition) is 2. The molecule has 2 aromatic rings. The highest BCUT2D eigenvalue weighted by atomic mass is 32.2. The average Bonchev–Trinajstić information content (AvgIpc) is 2.82. The molecule has 1 aliphatic heterocycles. The molecule has 0 aromatic heterocycles. The summed E-state index contributed by atoms with van der Waals surface area (Å²) in [7, 11) is -3.31. The van der Waals surface area contributed by atoms with Gasteiger partial charge in [-0.25, -0.2) is 13.2 Å². The zero-order valence-electron chi connectivity index (χ0n) is 20.2. The summed E-state index contributed by atoms with van der Waals surface area (Å²) in [4.78, 5) is 16.1. The van der Waals surface area contributed by atoms with Crippen LogP contribution in [0.4, 0.5) is 10.5 Å². The Kier molecular flexibility index (Phi) is 8.18. The predicted octanol–water partition coefficient (Wildman–Crippen LogP) is 5.13. The summed E-state index contributed by atoms with van der Waals surface area (Å²) >= 11 is 0. The number of amides is 1. The molecule has 1 saturated heterocycles. The van der Waals surface area contributed by atoms with E-state index in [0.29, 0.717) is 17.2 Å². The lowest BCUT2D eigenvalue weighted by molar-refractivity contribution is 0.0535. The van der Waals surface area contributed by atoms with Crippen LogP contribution in [-0.2, 0) is 16.6 Å². The molecule has 2 fully saturated rings. The van der Waals surface area contributed by atoms with Crippen LogP contribution in [0.15, 0.2) is 48.5 Å². The Balaban J connectivity index is 1.26. The second-order valence-corrected chi connectivity index (χ2v) is 11.4. The maximum absolute atomic E-state index is 12.0. The van der Waals surface area contributed by atoms with Gasteiger partial charge < -0.3 is 14.7 Å². The van der Waals surface area contributed by atoms with Crippen molar-refractivity contribution in [3.05, 3.63) is 54.1 Å². The topological polar surface area (TPSA) is 99.2 Å². The number of sulfonamides is 1. The number of ether oxygens (including phenoxy) is 1. The molecule has 1 heterocycles. The Bertz CT molecular complexity index is 1070. The Morgan fingerprint density at radius 1 is 0.943 bits per heavy atom. The maximum Gasteiger partial charge on any atom is 0.407 e. The van der Waals surface area contributed by atoms with Crippen molar-refractivity contribution < 1.29 is 23.1 Å². The molecule has 1 saturated carbocycles. The third-order valence-electron chi connectivity index (χ3n) is 6.86. The smallest absolute Gasteiger partial charge is 0.407 e.